The zero-order valence-corrected chi connectivity index (χ0v) is 11.0. The molecule has 0 radical (unpaired) electrons. The summed E-state index contributed by atoms with van der Waals surface area (Å²) in [4.78, 5) is 11.8. The fourth-order valence-corrected chi connectivity index (χ4v) is 2.03. The van der Waals surface area contributed by atoms with Crippen molar-refractivity contribution in [2.24, 2.45) is 0 Å². The van der Waals surface area contributed by atoms with Gasteiger partial charge in [-0.1, -0.05) is 18.2 Å². The van der Waals surface area contributed by atoms with Gasteiger partial charge in [-0.2, -0.15) is 0 Å². The van der Waals surface area contributed by atoms with Crippen LogP contribution in [-0.4, -0.2) is 31.8 Å². The Morgan fingerprint density at radius 2 is 2.28 bits per heavy atom. The smallest absolute Gasteiger partial charge is 0.176 e. The quantitative estimate of drug-likeness (QED) is 0.828. The Hall–Kier alpha value is -1.23. The highest BCUT2D eigenvalue weighted by atomic mass is 16.7. The molecule has 1 aromatic carbocycles. The molecular weight excluding hydrogens is 230 g/mol. The molecule has 0 amide bonds. The van der Waals surface area contributed by atoms with E-state index in [9.17, 15) is 4.79 Å². The summed E-state index contributed by atoms with van der Waals surface area (Å²) in [7, 11) is 1.76. The lowest BCUT2D eigenvalue weighted by Crippen LogP contribution is -2.20. The third-order valence-corrected chi connectivity index (χ3v) is 2.93. The molecule has 4 nitrogen and oxygen atoms in total. The Bertz CT molecular complexity index is 442. The van der Waals surface area contributed by atoms with Crippen LogP contribution in [0.1, 0.15) is 35.9 Å². The lowest BCUT2D eigenvalue weighted by atomic mass is 10.0. The number of rotatable bonds is 4. The van der Waals surface area contributed by atoms with Gasteiger partial charge < -0.3 is 14.8 Å². The lowest BCUT2D eigenvalue weighted by molar-refractivity contribution is -0.139. The second-order valence-electron chi connectivity index (χ2n) is 4.90. The summed E-state index contributed by atoms with van der Waals surface area (Å²) in [6.07, 6.45) is -0.0951. The molecule has 0 spiro atoms. The molecule has 1 atom stereocenters. The Balaban J connectivity index is 2.15. The molecule has 1 N–H and O–H groups in total. The van der Waals surface area contributed by atoms with E-state index in [1.165, 1.54) is 0 Å². The number of ether oxygens (including phenoxy) is 2. The Labute approximate surface area is 107 Å². The number of nitrogens with one attached hydrogen (secondary N) is 1. The van der Waals surface area contributed by atoms with E-state index in [0.717, 1.165) is 5.56 Å². The maximum atomic E-state index is 11.8. The molecule has 1 saturated heterocycles. The maximum Gasteiger partial charge on any atom is 0.176 e. The van der Waals surface area contributed by atoms with Gasteiger partial charge in [0.15, 0.2) is 11.6 Å². The Kier molecular flexibility index (Phi) is 3.80. The summed E-state index contributed by atoms with van der Waals surface area (Å²) in [5.74, 6) is -0.465. The van der Waals surface area contributed by atoms with Crippen molar-refractivity contribution in [2.45, 2.75) is 25.7 Å². The molecule has 1 fully saturated rings. The van der Waals surface area contributed by atoms with Crippen LogP contribution in [0.2, 0.25) is 0 Å². The summed E-state index contributed by atoms with van der Waals surface area (Å²) < 4.78 is 11.3. The maximum absolute atomic E-state index is 11.8. The third-order valence-electron chi connectivity index (χ3n) is 2.93. The van der Waals surface area contributed by atoms with Crippen molar-refractivity contribution < 1.29 is 14.3 Å². The average molecular weight is 249 g/mol. The Morgan fingerprint density at radius 3 is 2.89 bits per heavy atom. The van der Waals surface area contributed by atoms with Gasteiger partial charge in [-0.05, 0) is 32.5 Å². The molecule has 18 heavy (non-hydrogen) atoms. The van der Waals surface area contributed by atoms with Gasteiger partial charge in [0.25, 0.3) is 0 Å². The summed E-state index contributed by atoms with van der Waals surface area (Å²) in [6, 6.07) is 7.55. The van der Waals surface area contributed by atoms with Crippen molar-refractivity contribution in [3.63, 3.8) is 0 Å². The highest BCUT2D eigenvalue weighted by molar-refractivity contribution is 5.97. The molecule has 1 aromatic rings. The summed E-state index contributed by atoms with van der Waals surface area (Å²) in [5.41, 5.74) is 1.69. The molecule has 1 aliphatic rings. The highest BCUT2D eigenvalue weighted by Crippen LogP contribution is 2.32. The van der Waals surface area contributed by atoms with E-state index < -0.39 is 5.79 Å². The number of benzene rings is 1. The topological polar surface area (TPSA) is 47.6 Å². The predicted molar refractivity (Wildman–Crippen MR) is 68.6 cm³/mol. The summed E-state index contributed by atoms with van der Waals surface area (Å²) >= 11 is 0. The van der Waals surface area contributed by atoms with Crippen molar-refractivity contribution in [1.82, 2.24) is 5.32 Å². The van der Waals surface area contributed by atoms with Crippen molar-refractivity contribution in [3.8, 4) is 0 Å². The van der Waals surface area contributed by atoms with Gasteiger partial charge in [0, 0.05) is 5.56 Å². The average Bonchev–Trinajstić information content (AvgIpc) is 2.70. The fraction of sp³-hybridized carbons (Fsp3) is 0.500. The number of ketones is 1. The first-order valence-corrected chi connectivity index (χ1v) is 6.11. The van der Waals surface area contributed by atoms with Gasteiger partial charge in [0.05, 0.1) is 13.2 Å². The van der Waals surface area contributed by atoms with Gasteiger partial charge in [-0.3, -0.25) is 4.79 Å². The molecule has 0 aromatic heterocycles. The van der Waals surface area contributed by atoms with Gasteiger partial charge in [-0.25, -0.2) is 0 Å². The van der Waals surface area contributed by atoms with Crippen LogP contribution in [-0.2, 0) is 9.47 Å². The third kappa shape index (κ3) is 2.96. The normalized spacial score (nSPS) is 22.1. The molecule has 2 rings (SSSR count). The molecule has 0 saturated carbocycles. The van der Waals surface area contributed by atoms with Crippen molar-refractivity contribution >= 4 is 5.78 Å². The highest BCUT2D eigenvalue weighted by Gasteiger charge is 2.33. The van der Waals surface area contributed by atoms with Gasteiger partial charge in [0.1, 0.15) is 6.10 Å². The van der Waals surface area contributed by atoms with E-state index in [1.807, 2.05) is 38.1 Å². The second-order valence-corrected chi connectivity index (χ2v) is 4.90. The van der Waals surface area contributed by atoms with E-state index in [1.54, 1.807) is 7.05 Å². The van der Waals surface area contributed by atoms with Gasteiger partial charge in [0.2, 0.25) is 0 Å². The minimum Gasteiger partial charge on any atom is -0.347 e. The molecule has 0 bridgehead atoms. The van der Waals surface area contributed by atoms with Crippen LogP contribution in [0.3, 0.4) is 0 Å². The van der Waals surface area contributed by atoms with E-state index >= 15 is 0 Å². The van der Waals surface area contributed by atoms with Crippen molar-refractivity contribution in [3.05, 3.63) is 35.4 Å². The number of Topliss-reactive ketones (excluding diaryl/α,β-unsaturated/α-hetero) is 1. The van der Waals surface area contributed by atoms with Crippen molar-refractivity contribution in [2.75, 3.05) is 20.2 Å². The van der Waals surface area contributed by atoms with Crippen LogP contribution in [0, 0.1) is 0 Å². The van der Waals surface area contributed by atoms with Gasteiger partial charge in [-0.15, -0.1) is 0 Å². The first kappa shape index (κ1) is 13.2. The number of hydrogen-bond donors (Lipinski definition) is 1. The largest absolute Gasteiger partial charge is 0.347 e. The molecule has 1 unspecified atom stereocenters. The Morgan fingerprint density at radius 1 is 1.50 bits per heavy atom. The molecule has 1 heterocycles. The van der Waals surface area contributed by atoms with E-state index in [2.05, 4.69) is 5.32 Å². The zero-order chi connectivity index (χ0) is 13.2. The number of hydrogen-bond acceptors (Lipinski definition) is 4. The molecular formula is C14H19NO3. The van der Waals surface area contributed by atoms with Crippen molar-refractivity contribution in [1.29, 1.82) is 0 Å². The van der Waals surface area contributed by atoms with Gasteiger partial charge >= 0.3 is 0 Å². The number of carbonyl (C=O) groups excluding carboxylic acids is 1. The van der Waals surface area contributed by atoms with Crippen LogP contribution in [0.5, 0.6) is 0 Å². The summed E-state index contributed by atoms with van der Waals surface area (Å²) in [5, 5.41) is 2.86. The molecule has 0 aliphatic carbocycles. The minimum absolute atomic E-state index is 0.0810. The zero-order valence-electron chi connectivity index (χ0n) is 11.0. The standard InChI is InChI=1S/C14H19NO3/c1-14(2)17-9-13(18-14)11-6-4-5-10(7-11)12(16)8-15-3/h4-7,13,15H,8-9H2,1-3H3. The second kappa shape index (κ2) is 5.18. The van der Waals surface area contributed by atoms with E-state index in [4.69, 9.17) is 9.47 Å². The monoisotopic (exact) mass is 249 g/mol. The van der Waals surface area contributed by atoms with Crippen LogP contribution in [0.15, 0.2) is 24.3 Å². The van der Waals surface area contributed by atoms with Crippen LogP contribution < -0.4 is 5.32 Å². The predicted octanol–water partition coefficient (Wildman–Crippen LogP) is 1.91. The van der Waals surface area contributed by atoms with Crippen LogP contribution >= 0.6 is 0 Å². The first-order valence-electron chi connectivity index (χ1n) is 6.11. The number of carbonyl (C=O) groups is 1. The van der Waals surface area contributed by atoms with E-state index in [0.29, 0.717) is 18.7 Å². The lowest BCUT2D eigenvalue weighted by Gasteiger charge is -2.17. The molecule has 98 valence electrons. The van der Waals surface area contributed by atoms with Crippen LogP contribution in [0.25, 0.3) is 0 Å². The number of likely N-dealkylation sites (N-methyl/N-ethyl adjacent to an activating group) is 1. The molecule has 4 heteroatoms. The molecule has 1 aliphatic heterocycles. The SMILES string of the molecule is CNCC(=O)c1cccc(C2COC(C)(C)O2)c1. The fourth-order valence-electron chi connectivity index (χ4n) is 2.03. The first-order chi connectivity index (χ1) is 8.52. The van der Waals surface area contributed by atoms with Crippen LogP contribution in [0.4, 0.5) is 0 Å². The minimum atomic E-state index is -0.546. The van der Waals surface area contributed by atoms with E-state index in [-0.39, 0.29) is 11.9 Å². The summed E-state index contributed by atoms with van der Waals surface area (Å²) in [6.45, 7) is 4.65.